The van der Waals surface area contributed by atoms with Crippen molar-refractivity contribution in [3.63, 3.8) is 0 Å². The van der Waals surface area contributed by atoms with Crippen LogP contribution in [0, 0.1) is 0 Å². The number of rotatable bonds is 7. The van der Waals surface area contributed by atoms with Gasteiger partial charge in [0.1, 0.15) is 5.75 Å². The molecule has 0 heterocycles. The number of hydrazone groups is 1. The van der Waals surface area contributed by atoms with Crippen molar-refractivity contribution in [1.82, 2.24) is 5.43 Å². The fraction of sp³-hybridized carbons (Fsp3) is 0.222. The average molecular weight is 454 g/mol. The van der Waals surface area contributed by atoms with Crippen LogP contribution in [0.15, 0.2) is 56.5 Å². The smallest absolute Gasteiger partial charge is 0.277 e. The fourth-order valence-electron chi connectivity index (χ4n) is 2.05. The minimum absolute atomic E-state index is 0.0957. The number of aryl methyl sites for hydroxylation is 1. The van der Waals surface area contributed by atoms with Crippen LogP contribution >= 0.6 is 31.9 Å². The van der Waals surface area contributed by atoms with Gasteiger partial charge in [-0.15, -0.1) is 0 Å². The van der Waals surface area contributed by atoms with Crippen LogP contribution in [0.2, 0.25) is 0 Å². The van der Waals surface area contributed by atoms with Gasteiger partial charge in [0.2, 0.25) is 0 Å². The molecule has 0 radical (unpaired) electrons. The van der Waals surface area contributed by atoms with Crippen molar-refractivity contribution in [1.29, 1.82) is 0 Å². The molecule has 0 aliphatic carbocycles. The zero-order valence-corrected chi connectivity index (χ0v) is 16.4. The third-order valence-corrected chi connectivity index (χ3v) is 4.26. The molecule has 24 heavy (non-hydrogen) atoms. The van der Waals surface area contributed by atoms with E-state index in [4.69, 9.17) is 4.74 Å². The topological polar surface area (TPSA) is 50.7 Å². The molecule has 1 N–H and O–H groups in total. The summed E-state index contributed by atoms with van der Waals surface area (Å²) in [6, 6.07) is 13.5. The monoisotopic (exact) mass is 452 g/mol. The Morgan fingerprint density at radius 1 is 1.25 bits per heavy atom. The van der Waals surface area contributed by atoms with Crippen LogP contribution < -0.4 is 10.2 Å². The van der Waals surface area contributed by atoms with Gasteiger partial charge in [-0.1, -0.05) is 47.5 Å². The lowest BCUT2D eigenvalue weighted by molar-refractivity contribution is -0.123. The number of amides is 1. The van der Waals surface area contributed by atoms with Crippen LogP contribution in [0.3, 0.4) is 0 Å². The second-order valence-corrected chi connectivity index (χ2v) is 6.92. The molecule has 2 aromatic rings. The molecular weight excluding hydrogens is 436 g/mol. The standard InChI is InChI=1S/C18H18Br2N2O2/c1-2-4-13-7-8-17(16(20)10-13)24-12-18(23)22-21-11-14-5-3-6-15(19)9-14/h3,5-11H,2,4,12H2,1H3,(H,22,23)/b21-11+. The van der Waals surface area contributed by atoms with Gasteiger partial charge in [-0.25, -0.2) is 5.43 Å². The van der Waals surface area contributed by atoms with E-state index in [1.54, 1.807) is 6.21 Å². The summed E-state index contributed by atoms with van der Waals surface area (Å²) >= 11 is 6.85. The molecule has 0 aliphatic heterocycles. The molecule has 6 heteroatoms. The first-order valence-electron chi connectivity index (χ1n) is 7.57. The predicted octanol–water partition coefficient (Wildman–Crippen LogP) is 4.69. The maximum Gasteiger partial charge on any atom is 0.277 e. The lowest BCUT2D eigenvalue weighted by Gasteiger charge is -2.08. The van der Waals surface area contributed by atoms with Gasteiger partial charge in [-0.3, -0.25) is 4.79 Å². The molecule has 0 bridgehead atoms. The van der Waals surface area contributed by atoms with E-state index in [0.29, 0.717) is 5.75 Å². The molecule has 4 nitrogen and oxygen atoms in total. The lowest BCUT2D eigenvalue weighted by atomic mass is 10.1. The maximum atomic E-state index is 11.8. The van der Waals surface area contributed by atoms with E-state index in [9.17, 15) is 4.79 Å². The van der Waals surface area contributed by atoms with Gasteiger partial charge >= 0.3 is 0 Å². The summed E-state index contributed by atoms with van der Waals surface area (Å²) < 4.78 is 7.32. The molecule has 0 fully saturated rings. The van der Waals surface area contributed by atoms with E-state index >= 15 is 0 Å². The van der Waals surface area contributed by atoms with Gasteiger partial charge in [0.05, 0.1) is 10.7 Å². The molecule has 2 rings (SSSR count). The van der Waals surface area contributed by atoms with Crippen molar-refractivity contribution in [2.45, 2.75) is 19.8 Å². The Labute approximate surface area is 158 Å². The highest BCUT2D eigenvalue weighted by atomic mass is 79.9. The number of benzene rings is 2. The summed E-state index contributed by atoms with van der Waals surface area (Å²) in [6.45, 7) is 2.04. The summed E-state index contributed by atoms with van der Waals surface area (Å²) in [5.41, 5.74) is 4.57. The highest BCUT2D eigenvalue weighted by Gasteiger charge is 2.06. The van der Waals surface area contributed by atoms with Crippen LogP contribution in [-0.4, -0.2) is 18.7 Å². The van der Waals surface area contributed by atoms with Crippen LogP contribution in [0.4, 0.5) is 0 Å². The number of halogens is 2. The van der Waals surface area contributed by atoms with Crippen molar-refractivity contribution in [2.24, 2.45) is 5.10 Å². The zero-order chi connectivity index (χ0) is 17.4. The Balaban J connectivity index is 1.83. The SMILES string of the molecule is CCCc1ccc(OCC(=O)N/N=C/c2cccc(Br)c2)c(Br)c1. The Hall–Kier alpha value is -1.66. The van der Waals surface area contributed by atoms with Gasteiger partial charge in [-0.2, -0.15) is 5.10 Å². The van der Waals surface area contributed by atoms with E-state index in [1.165, 1.54) is 5.56 Å². The number of nitrogens with zero attached hydrogens (tertiary/aromatic N) is 1. The first-order valence-corrected chi connectivity index (χ1v) is 9.15. The number of hydrogen-bond donors (Lipinski definition) is 1. The maximum absolute atomic E-state index is 11.8. The molecule has 0 spiro atoms. The van der Waals surface area contributed by atoms with E-state index in [1.807, 2.05) is 42.5 Å². The Morgan fingerprint density at radius 2 is 2.08 bits per heavy atom. The summed E-state index contributed by atoms with van der Waals surface area (Å²) in [7, 11) is 0. The quantitative estimate of drug-likeness (QED) is 0.488. The number of hydrogen-bond acceptors (Lipinski definition) is 3. The Morgan fingerprint density at radius 3 is 2.79 bits per heavy atom. The van der Waals surface area contributed by atoms with E-state index in [2.05, 4.69) is 49.3 Å². The summed E-state index contributed by atoms with van der Waals surface area (Å²) in [4.78, 5) is 11.8. The van der Waals surface area contributed by atoms with Crippen LogP contribution in [-0.2, 0) is 11.2 Å². The first-order chi connectivity index (χ1) is 11.6. The van der Waals surface area contributed by atoms with Gasteiger partial charge < -0.3 is 4.74 Å². The normalized spacial score (nSPS) is 10.8. The third-order valence-electron chi connectivity index (χ3n) is 3.15. The van der Waals surface area contributed by atoms with Crippen LogP contribution in [0.5, 0.6) is 5.75 Å². The van der Waals surface area contributed by atoms with Gasteiger partial charge in [-0.05, 0) is 57.7 Å². The molecule has 0 aliphatic rings. The molecule has 0 aromatic heterocycles. The molecule has 0 atom stereocenters. The second-order valence-electron chi connectivity index (χ2n) is 5.15. The van der Waals surface area contributed by atoms with Crippen molar-refractivity contribution < 1.29 is 9.53 Å². The van der Waals surface area contributed by atoms with Crippen molar-refractivity contribution in [2.75, 3.05) is 6.61 Å². The van der Waals surface area contributed by atoms with Crippen LogP contribution in [0.1, 0.15) is 24.5 Å². The predicted molar refractivity (Wildman–Crippen MR) is 104 cm³/mol. The number of ether oxygens (including phenoxy) is 1. The van der Waals surface area contributed by atoms with Gasteiger partial charge in [0, 0.05) is 4.47 Å². The molecule has 0 saturated heterocycles. The largest absolute Gasteiger partial charge is 0.483 e. The zero-order valence-electron chi connectivity index (χ0n) is 13.3. The fourth-order valence-corrected chi connectivity index (χ4v) is 3.00. The molecule has 126 valence electrons. The lowest BCUT2D eigenvalue weighted by Crippen LogP contribution is -2.24. The van der Waals surface area contributed by atoms with Crippen molar-refractivity contribution >= 4 is 44.0 Å². The molecule has 2 aromatic carbocycles. The summed E-state index contributed by atoms with van der Waals surface area (Å²) in [5.74, 6) is 0.326. The third kappa shape index (κ3) is 6.09. The molecule has 0 unspecified atom stereocenters. The molecular formula is C18H18Br2N2O2. The van der Waals surface area contributed by atoms with E-state index < -0.39 is 0 Å². The highest BCUT2D eigenvalue weighted by Crippen LogP contribution is 2.26. The second kappa shape index (κ2) is 9.59. The van der Waals surface area contributed by atoms with Gasteiger partial charge in [0.15, 0.2) is 6.61 Å². The number of carbonyl (C=O) groups is 1. The Bertz CT molecular complexity index is 733. The first kappa shape index (κ1) is 18.7. The van der Waals surface area contributed by atoms with Crippen LogP contribution in [0.25, 0.3) is 0 Å². The molecule has 1 amide bonds. The number of nitrogens with one attached hydrogen (secondary N) is 1. The summed E-state index contributed by atoms with van der Waals surface area (Å²) in [5, 5.41) is 3.92. The van der Waals surface area contributed by atoms with Crippen molar-refractivity contribution in [3.8, 4) is 5.75 Å². The number of carbonyl (C=O) groups excluding carboxylic acids is 1. The van der Waals surface area contributed by atoms with Crippen molar-refractivity contribution in [3.05, 3.63) is 62.5 Å². The summed E-state index contributed by atoms with van der Waals surface area (Å²) in [6.07, 6.45) is 3.69. The van der Waals surface area contributed by atoms with Gasteiger partial charge in [0.25, 0.3) is 5.91 Å². The minimum atomic E-state index is -0.314. The molecule has 0 saturated carbocycles. The van der Waals surface area contributed by atoms with E-state index in [0.717, 1.165) is 27.4 Å². The highest BCUT2D eigenvalue weighted by molar-refractivity contribution is 9.10. The Kier molecular flexibility index (Phi) is 7.46. The van der Waals surface area contributed by atoms with E-state index in [-0.39, 0.29) is 12.5 Å². The minimum Gasteiger partial charge on any atom is -0.483 e. The average Bonchev–Trinajstić information content (AvgIpc) is 2.54.